The number of hydrogen-bond acceptors (Lipinski definition) is 5. The van der Waals surface area contributed by atoms with Gasteiger partial charge in [-0.1, -0.05) is 0 Å². The molecule has 0 aliphatic rings. The minimum Gasteiger partial charge on any atom is -0.743 e. The fourth-order valence-electron chi connectivity index (χ4n) is 0.528. The Morgan fingerprint density at radius 3 is 1.80 bits per heavy atom. The molecule has 92 valence electrons. The van der Waals surface area contributed by atoms with Gasteiger partial charge >= 0.3 is 11.4 Å². The maximum atomic E-state index is 12.5. The van der Waals surface area contributed by atoms with Crippen molar-refractivity contribution >= 4 is 10.1 Å². The molecule has 0 spiro atoms. The molecule has 0 heterocycles. The lowest BCUT2D eigenvalue weighted by atomic mass is 10.3. The fourth-order valence-corrected chi connectivity index (χ4v) is 0.964. The van der Waals surface area contributed by atoms with Crippen LogP contribution in [0.2, 0.25) is 0 Å². The van der Waals surface area contributed by atoms with Gasteiger partial charge in [0.15, 0.2) is 10.1 Å². The molecule has 0 aromatic carbocycles. The Hall–Kier alpha value is -0.520. The fraction of sp³-hybridized carbons (Fsp3) is 1.00. The Kier molecular flexibility index (Phi) is 4.01. The molecule has 0 saturated heterocycles. The van der Waals surface area contributed by atoms with E-state index in [9.17, 15) is 34.9 Å². The maximum Gasteiger partial charge on any atom is 0.424 e. The molecule has 0 bridgehead atoms. The minimum atomic E-state index is -6.52. The summed E-state index contributed by atoms with van der Waals surface area (Å²) in [5.41, 5.74) is 0. The molecule has 1 atom stereocenters. The number of hydrogen-bond donors (Lipinski definition) is 0. The summed E-state index contributed by atoms with van der Waals surface area (Å²) in [6.07, 6.45) is -9.94. The van der Waals surface area contributed by atoms with Crippen molar-refractivity contribution in [1.29, 1.82) is 0 Å². The minimum absolute atomic E-state index is 0.451. The molecule has 0 saturated carbocycles. The molecule has 1 unspecified atom stereocenters. The second-order valence-electron chi connectivity index (χ2n) is 2.20. The van der Waals surface area contributed by atoms with Crippen LogP contribution >= 0.6 is 0 Å². The van der Waals surface area contributed by atoms with E-state index >= 15 is 0 Å². The van der Waals surface area contributed by atoms with Crippen LogP contribution < -0.4 is 0 Å². The van der Waals surface area contributed by atoms with Gasteiger partial charge in [-0.25, -0.2) is 18.2 Å². The second-order valence-corrected chi connectivity index (χ2v) is 3.65. The van der Waals surface area contributed by atoms with Crippen molar-refractivity contribution in [1.82, 2.24) is 0 Å². The predicted molar refractivity (Wildman–Crippen MR) is 32.6 cm³/mol. The van der Waals surface area contributed by atoms with Gasteiger partial charge in [-0.2, -0.15) is 22.0 Å². The van der Waals surface area contributed by atoms with E-state index < -0.39 is 27.7 Å². The molecule has 0 aliphatic heterocycles. The summed E-state index contributed by atoms with van der Waals surface area (Å²) in [7, 11) is -6.06. The summed E-state index contributed by atoms with van der Waals surface area (Å²) in [4.78, 5) is 6.35. The van der Waals surface area contributed by atoms with Crippen molar-refractivity contribution in [3.8, 4) is 0 Å². The highest BCUT2D eigenvalue weighted by Gasteiger charge is 2.62. The molecule has 15 heavy (non-hydrogen) atoms. The molecule has 5 nitrogen and oxygen atoms in total. The third-order valence-corrected chi connectivity index (χ3v) is 2.01. The Bertz CT molecular complexity index is 308. The first-order chi connectivity index (χ1) is 6.44. The lowest BCUT2D eigenvalue weighted by Crippen LogP contribution is -2.51. The number of alkyl halides is 5. The molecule has 0 aromatic heterocycles. The highest BCUT2D eigenvalue weighted by molar-refractivity contribution is 7.86. The van der Waals surface area contributed by atoms with E-state index in [4.69, 9.17) is 0 Å². The smallest absolute Gasteiger partial charge is 0.424 e. The SMILES string of the molecule is COOC(C(F)(F)F)C(F)(F)S(=O)(=O)[O-]. The van der Waals surface area contributed by atoms with E-state index in [1.165, 1.54) is 0 Å². The van der Waals surface area contributed by atoms with Gasteiger partial charge in [0.2, 0.25) is 0 Å². The predicted octanol–water partition coefficient (Wildman–Crippen LogP) is 0.633. The zero-order chi connectivity index (χ0) is 12.5. The first-order valence-corrected chi connectivity index (χ1v) is 4.45. The van der Waals surface area contributed by atoms with Crippen molar-refractivity contribution in [2.24, 2.45) is 0 Å². The van der Waals surface area contributed by atoms with E-state index in [2.05, 4.69) is 9.78 Å². The third-order valence-electron chi connectivity index (χ3n) is 1.13. The monoisotopic (exact) mass is 259 g/mol. The van der Waals surface area contributed by atoms with Crippen molar-refractivity contribution in [2.45, 2.75) is 17.5 Å². The van der Waals surface area contributed by atoms with Gasteiger partial charge in [-0.15, -0.1) is 0 Å². The van der Waals surface area contributed by atoms with Gasteiger partial charge in [-0.3, -0.25) is 0 Å². The summed E-state index contributed by atoms with van der Waals surface area (Å²) in [5, 5.41) is -5.67. The van der Waals surface area contributed by atoms with Crippen LogP contribution in [0.1, 0.15) is 0 Å². The number of rotatable bonds is 4. The zero-order valence-corrected chi connectivity index (χ0v) is 7.73. The summed E-state index contributed by atoms with van der Waals surface area (Å²) >= 11 is 0. The molecular weight excluding hydrogens is 255 g/mol. The highest BCUT2D eigenvalue weighted by atomic mass is 32.2. The Morgan fingerprint density at radius 2 is 1.60 bits per heavy atom. The first kappa shape index (κ1) is 14.5. The maximum absolute atomic E-state index is 12.5. The van der Waals surface area contributed by atoms with Gasteiger partial charge in [0.05, 0.1) is 7.11 Å². The zero-order valence-electron chi connectivity index (χ0n) is 6.92. The second kappa shape index (κ2) is 4.15. The quantitative estimate of drug-likeness (QED) is 0.320. The Labute approximate surface area is 80.4 Å². The van der Waals surface area contributed by atoms with Gasteiger partial charge in [0.25, 0.3) is 6.10 Å². The molecule has 0 rings (SSSR count). The standard InChI is InChI=1S/C4H5F5O5S/c1-13-14-2(3(5,6)7)4(8,9)15(10,11)12/h2H,1H3,(H,10,11,12)/p-1. The molecule has 0 aromatic rings. The van der Waals surface area contributed by atoms with Gasteiger partial charge < -0.3 is 4.55 Å². The molecule has 11 heteroatoms. The average molecular weight is 259 g/mol. The average Bonchev–Trinajstić information content (AvgIpc) is 1.95. The van der Waals surface area contributed by atoms with Gasteiger partial charge in [-0.05, 0) is 0 Å². The molecule has 0 amide bonds. The van der Waals surface area contributed by atoms with Crippen molar-refractivity contribution in [2.75, 3.05) is 7.11 Å². The van der Waals surface area contributed by atoms with E-state index in [-0.39, 0.29) is 0 Å². The van der Waals surface area contributed by atoms with Crippen LogP contribution in [0.4, 0.5) is 22.0 Å². The van der Waals surface area contributed by atoms with Crippen LogP contribution in [0.5, 0.6) is 0 Å². The van der Waals surface area contributed by atoms with E-state index in [1.807, 2.05) is 0 Å². The molecule has 0 N–H and O–H groups in total. The van der Waals surface area contributed by atoms with Crippen LogP contribution in [0, 0.1) is 0 Å². The summed E-state index contributed by atoms with van der Waals surface area (Å²) in [6.45, 7) is 0. The van der Waals surface area contributed by atoms with Crippen LogP contribution in [0.25, 0.3) is 0 Å². The summed E-state index contributed by atoms with van der Waals surface area (Å²) < 4.78 is 90.1. The molecule has 0 aliphatic carbocycles. The molecule has 0 fully saturated rings. The number of halogens is 5. The molecular formula is C4H4F5O5S-. The normalized spacial score (nSPS) is 16.5. The summed E-state index contributed by atoms with van der Waals surface area (Å²) in [6, 6.07) is 0. The van der Waals surface area contributed by atoms with Gasteiger partial charge in [0, 0.05) is 0 Å². The van der Waals surface area contributed by atoms with Crippen molar-refractivity contribution < 1.29 is 44.7 Å². The lowest BCUT2D eigenvalue weighted by molar-refractivity contribution is -0.392. The Balaban J connectivity index is 5.27. The van der Waals surface area contributed by atoms with Crippen LogP contribution in [-0.4, -0.2) is 37.6 Å². The summed E-state index contributed by atoms with van der Waals surface area (Å²) in [5.74, 6) is 0. The van der Waals surface area contributed by atoms with Gasteiger partial charge in [0.1, 0.15) is 0 Å². The lowest BCUT2D eigenvalue weighted by Gasteiger charge is -2.28. The van der Waals surface area contributed by atoms with E-state index in [0.29, 0.717) is 7.11 Å². The highest BCUT2D eigenvalue weighted by Crippen LogP contribution is 2.37. The third kappa shape index (κ3) is 3.22. The molecule has 0 radical (unpaired) electrons. The van der Waals surface area contributed by atoms with E-state index in [1.54, 1.807) is 0 Å². The van der Waals surface area contributed by atoms with Crippen LogP contribution in [0.3, 0.4) is 0 Å². The van der Waals surface area contributed by atoms with E-state index in [0.717, 1.165) is 0 Å². The first-order valence-electron chi connectivity index (χ1n) is 3.04. The van der Waals surface area contributed by atoms with Crippen LogP contribution in [0.15, 0.2) is 0 Å². The van der Waals surface area contributed by atoms with Crippen LogP contribution in [-0.2, 0) is 19.9 Å². The topological polar surface area (TPSA) is 75.7 Å². The largest absolute Gasteiger partial charge is 0.743 e. The van der Waals surface area contributed by atoms with Crippen molar-refractivity contribution in [3.63, 3.8) is 0 Å². The van der Waals surface area contributed by atoms with Crippen molar-refractivity contribution in [3.05, 3.63) is 0 Å². The Morgan fingerprint density at radius 1 is 1.20 bits per heavy atom.